The van der Waals surface area contributed by atoms with Crippen LogP contribution in [0.1, 0.15) is 5.56 Å². The maximum atomic E-state index is 12.9. The van der Waals surface area contributed by atoms with Crippen LogP contribution in [-0.2, 0) is 14.8 Å². The van der Waals surface area contributed by atoms with Crippen LogP contribution in [0.25, 0.3) is 0 Å². The zero-order chi connectivity index (χ0) is 20.4. The average molecular weight is 482 g/mol. The maximum absolute atomic E-state index is 12.9. The highest BCUT2D eigenvalue weighted by molar-refractivity contribution is 9.10. The second-order valence-electron chi connectivity index (χ2n) is 7.15. The smallest absolute Gasteiger partial charge is 0.243 e. The molecule has 0 bridgehead atoms. The summed E-state index contributed by atoms with van der Waals surface area (Å²) in [5.74, 6) is 1.48. The first-order chi connectivity index (χ1) is 13.9. The average Bonchev–Trinajstić information content (AvgIpc) is 2.75. The summed E-state index contributed by atoms with van der Waals surface area (Å²) in [4.78, 5) is 13.7. The van der Waals surface area contributed by atoms with Crippen molar-refractivity contribution in [2.24, 2.45) is 0 Å². The van der Waals surface area contributed by atoms with E-state index in [1.807, 2.05) is 19.1 Å². The van der Waals surface area contributed by atoms with Crippen LogP contribution in [-0.4, -0.2) is 75.2 Å². The quantitative estimate of drug-likeness (QED) is 0.659. The van der Waals surface area contributed by atoms with Crippen molar-refractivity contribution in [1.29, 1.82) is 0 Å². The third-order valence-corrected chi connectivity index (χ3v) is 7.68. The fourth-order valence-electron chi connectivity index (χ4n) is 3.49. The van der Waals surface area contributed by atoms with Crippen molar-refractivity contribution in [3.63, 3.8) is 0 Å². The lowest BCUT2D eigenvalue weighted by Crippen LogP contribution is -2.49. The van der Waals surface area contributed by atoms with Crippen LogP contribution < -0.4 is 9.80 Å². The summed E-state index contributed by atoms with van der Waals surface area (Å²) in [5, 5.41) is 0. The lowest BCUT2D eigenvalue weighted by atomic mass is 10.2. The van der Waals surface area contributed by atoms with E-state index in [2.05, 4.69) is 30.7 Å². The van der Waals surface area contributed by atoms with E-state index in [1.54, 1.807) is 22.6 Å². The summed E-state index contributed by atoms with van der Waals surface area (Å²) < 4.78 is 33.6. The first kappa shape index (κ1) is 20.5. The molecule has 0 unspecified atom stereocenters. The van der Waals surface area contributed by atoms with E-state index in [0.29, 0.717) is 50.2 Å². The van der Waals surface area contributed by atoms with Gasteiger partial charge in [0.15, 0.2) is 0 Å². The van der Waals surface area contributed by atoms with Crippen molar-refractivity contribution in [3.8, 4) is 0 Å². The zero-order valence-corrected chi connectivity index (χ0v) is 18.7. The topological polar surface area (TPSA) is 78.9 Å². The van der Waals surface area contributed by atoms with Crippen molar-refractivity contribution in [2.45, 2.75) is 11.8 Å². The van der Waals surface area contributed by atoms with Gasteiger partial charge in [-0.15, -0.1) is 0 Å². The summed E-state index contributed by atoms with van der Waals surface area (Å²) in [6.45, 7) is 6.80. The first-order valence-corrected chi connectivity index (χ1v) is 11.9. The molecule has 1 aromatic heterocycles. The minimum atomic E-state index is -3.48. The van der Waals surface area contributed by atoms with Gasteiger partial charge in [0.1, 0.15) is 5.82 Å². The molecule has 0 aliphatic carbocycles. The molecular formula is C19H24BrN5O3S. The van der Waals surface area contributed by atoms with E-state index >= 15 is 0 Å². The molecule has 2 aliphatic rings. The molecule has 2 fully saturated rings. The molecule has 2 saturated heterocycles. The van der Waals surface area contributed by atoms with Gasteiger partial charge in [0.2, 0.25) is 16.0 Å². The van der Waals surface area contributed by atoms with Gasteiger partial charge in [0, 0.05) is 45.5 Å². The standard InChI is InChI=1S/C19H24BrN5O3S/c1-15-2-4-16(5-3-15)29(26,27)25-8-6-23(7-9-25)18-17(20)14-21-19(22-18)24-10-12-28-13-11-24/h2-5,14H,6-13H2,1H3. The van der Waals surface area contributed by atoms with E-state index in [4.69, 9.17) is 9.72 Å². The minimum Gasteiger partial charge on any atom is -0.378 e. The van der Waals surface area contributed by atoms with Crippen LogP contribution in [0.5, 0.6) is 0 Å². The van der Waals surface area contributed by atoms with Gasteiger partial charge in [0.25, 0.3) is 0 Å². The van der Waals surface area contributed by atoms with Gasteiger partial charge in [-0.25, -0.2) is 13.4 Å². The van der Waals surface area contributed by atoms with Crippen molar-refractivity contribution in [2.75, 3.05) is 62.3 Å². The van der Waals surface area contributed by atoms with Crippen molar-refractivity contribution in [1.82, 2.24) is 14.3 Å². The molecule has 0 atom stereocenters. The van der Waals surface area contributed by atoms with Gasteiger partial charge >= 0.3 is 0 Å². The molecule has 4 rings (SSSR count). The Bertz CT molecular complexity index is 956. The number of piperazine rings is 1. The molecule has 2 aromatic rings. The van der Waals surface area contributed by atoms with E-state index in [-0.39, 0.29) is 0 Å². The number of hydrogen-bond acceptors (Lipinski definition) is 7. The number of sulfonamides is 1. The van der Waals surface area contributed by atoms with Gasteiger partial charge in [-0.3, -0.25) is 0 Å². The van der Waals surface area contributed by atoms with Gasteiger partial charge in [-0.2, -0.15) is 9.29 Å². The van der Waals surface area contributed by atoms with Crippen LogP contribution in [0.2, 0.25) is 0 Å². The third-order valence-electron chi connectivity index (χ3n) is 5.20. The van der Waals surface area contributed by atoms with Gasteiger partial charge in [0.05, 0.1) is 22.6 Å². The second kappa shape index (κ2) is 8.55. The number of benzene rings is 1. The number of hydrogen-bond donors (Lipinski definition) is 0. The molecular weight excluding hydrogens is 458 g/mol. The predicted octanol–water partition coefficient (Wildman–Crippen LogP) is 1.90. The molecule has 0 spiro atoms. The largest absolute Gasteiger partial charge is 0.378 e. The number of nitrogens with zero attached hydrogens (tertiary/aromatic N) is 5. The Morgan fingerprint density at radius 2 is 1.62 bits per heavy atom. The summed E-state index contributed by atoms with van der Waals surface area (Å²) in [7, 11) is -3.48. The molecule has 0 radical (unpaired) electrons. The molecule has 156 valence electrons. The summed E-state index contributed by atoms with van der Waals surface area (Å²) in [6.07, 6.45) is 1.77. The Morgan fingerprint density at radius 3 is 2.28 bits per heavy atom. The summed E-state index contributed by atoms with van der Waals surface area (Å²) in [6, 6.07) is 7.00. The molecule has 0 amide bonds. The second-order valence-corrected chi connectivity index (χ2v) is 9.94. The fourth-order valence-corrected chi connectivity index (χ4v) is 5.35. The van der Waals surface area contributed by atoms with Crippen LogP contribution in [0.15, 0.2) is 39.8 Å². The molecule has 10 heteroatoms. The van der Waals surface area contributed by atoms with E-state index in [1.165, 1.54) is 0 Å². The van der Waals surface area contributed by atoms with Crippen LogP contribution >= 0.6 is 15.9 Å². The number of aryl methyl sites for hydroxylation is 1. The van der Waals surface area contributed by atoms with E-state index < -0.39 is 10.0 Å². The number of aromatic nitrogens is 2. The summed E-state index contributed by atoms with van der Waals surface area (Å²) >= 11 is 3.55. The van der Waals surface area contributed by atoms with E-state index in [0.717, 1.165) is 28.9 Å². The highest BCUT2D eigenvalue weighted by Crippen LogP contribution is 2.28. The molecule has 0 N–H and O–H groups in total. The molecule has 2 aliphatic heterocycles. The predicted molar refractivity (Wildman–Crippen MR) is 115 cm³/mol. The van der Waals surface area contributed by atoms with E-state index in [9.17, 15) is 8.42 Å². The first-order valence-electron chi connectivity index (χ1n) is 9.62. The molecule has 1 aromatic carbocycles. The van der Waals surface area contributed by atoms with Gasteiger partial charge in [-0.05, 0) is 35.0 Å². The van der Waals surface area contributed by atoms with Crippen molar-refractivity contribution < 1.29 is 13.2 Å². The van der Waals surface area contributed by atoms with Gasteiger partial charge in [-0.1, -0.05) is 17.7 Å². The number of morpholine rings is 1. The van der Waals surface area contributed by atoms with Gasteiger partial charge < -0.3 is 14.5 Å². The minimum absolute atomic E-state index is 0.342. The van der Waals surface area contributed by atoms with Crippen LogP contribution in [0.4, 0.5) is 11.8 Å². The Morgan fingerprint density at radius 1 is 0.966 bits per heavy atom. The highest BCUT2D eigenvalue weighted by Gasteiger charge is 2.30. The number of ether oxygens (including phenoxy) is 1. The fraction of sp³-hybridized carbons (Fsp3) is 0.474. The lowest BCUT2D eigenvalue weighted by Gasteiger charge is -2.35. The molecule has 3 heterocycles. The third kappa shape index (κ3) is 4.40. The molecule has 8 nitrogen and oxygen atoms in total. The molecule has 29 heavy (non-hydrogen) atoms. The van der Waals surface area contributed by atoms with Crippen molar-refractivity contribution >= 4 is 37.7 Å². The summed E-state index contributed by atoms with van der Waals surface area (Å²) in [5.41, 5.74) is 1.04. The monoisotopic (exact) mass is 481 g/mol. The van der Waals surface area contributed by atoms with Crippen LogP contribution in [0, 0.1) is 6.92 Å². The SMILES string of the molecule is Cc1ccc(S(=O)(=O)N2CCN(c3nc(N4CCOCC4)ncc3Br)CC2)cc1. The number of rotatable bonds is 4. The zero-order valence-electron chi connectivity index (χ0n) is 16.3. The number of anilines is 2. The number of halogens is 1. The Labute approximate surface area is 179 Å². The lowest BCUT2D eigenvalue weighted by molar-refractivity contribution is 0.122. The maximum Gasteiger partial charge on any atom is 0.243 e. The Kier molecular flexibility index (Phi) is 6.05. The van der Waals surface area contributed by atoms with Crippen molar-refractivity contribution in [3.05, 3.63) is 40.5 Å². The molecule has 0 saturated carbocycles. The normalized spacial score (nSPS) is 18.8. The Balaban J connectivity index is 1.47. The highest BCUT2D eigenvalue weighted by atomic mass is 79.9. The van der Waals surface area contributed by atoms with Crippen LogP contribution in [0.3, 0.4) is 0 Å². The Hall–Kier alpha value is -1.75.